The summed E-state index contributed by atoms with van der Waals surface area (Å²) in [4.78, 5) is 25.0. The molecule has 1 unspecified atom stereocenters. The molecule has 1 heterocycles. The highest BCUT2D eigenvalue weighted by molar-refractivity contribution is 5.75. The van der Waals surface area contributed by atoms with E-state index in [1.54, 1.807) is 24.3 Å². The van der Waals surface area contributed by atoms with Crippen LogP contribution in [0.1, 0.15) is 57.9 Å². The van der Waals surface area contributed by atoms with Crippen molar-refractivity contribution in [1.82, 2.24) is 0 Å². The fraction of sp³-hybridized carbons (Fsp3) is 0.552. The Morgan fingerprint density at radius 1 is 1.24 bits per heavy atom. The zero-order chi connectivity index (χ0) is 26.5. The zero-order valence-electron chi connectivity index (χ0n) is 21.3. The highest BCUT2D eigenvalue weighted by atomic mass is 16.6. The van der Waals surface area contributed by atoms with Crippen LogP contribution in [0.2, 0.25) is 0 Å². The molecule has 1 fully saturated rings. The normalized spacial score (nSPS) is 31.8. The summed E-state index contributed by atoms with van der Waals surface area (Å²) in [5.41, 5.74) is 1.27. The number of carbonyl (C=O) groups is 2. The standard InChI is InChI=1S/C29H35NO7/c1-3-24(36-25-7-5-4-6-19(25)16-30)29(34)37-26-14-20(31)12-18-9-8-17(2)23(28(18)26)11-10-22-13-21(32)15-27(33)35-22/h4-9,12,17,20-24,26,28,31-32H,3,10-11,13-15H2,1-2H3/t17-,20+,21+,22+,23-,24?,26-,28-/m0/s1. The van der Waals surface area contributed by atoms with Crippen LogP contribution in [0.25, 0.3) is 0 Å². The molecule has 1 aliphatic heterocycles. The number of nitrogens with zero attached hydrogens (tertiary/aromatic N) is 1. The molecule has 4 rings (SSSR count). The molecule has 2 N–H and O–H groups in total. The highest BCUT2D eigenvalue weighted by Gasteiger charge is 2.43. The number of esters is 2. The summed E-state index contributed by atoms with van der Waals surface area (Å²) in [6.07, 6.45) is 5.13. The molecule has 1 saturated heterocycles. The first-order valence-electron chi connectivity index (χ1n) is 13.1. The molecule has 3 aliphatic rings. The van der Waals surface area contributed by atoms with Crippen LogP contribution >= 0.6 is 0 Å². The fourth-order valence-corrected chi connectivity index (χ4v) is 5.74. The molecule has 198 valence electrons. The minimum Gasteiger partial charge on any atom is -0.477 e. The molecule has 8 nitrogen and oxygen atoms in total. The predicted octanol–water partition coefficient (Wildman–Crippen LogP) is 3.60. The number of nitriles is 1. The van der Waals surface area contributed by atoms with Gasteiger partial charge in [0.2, 0.25) is 0 Å². The SMILES string of the molecule is CCC(Oc1ccccc1C#N)C(=O)O[C@H]1C[C@H](O)C=C2C=C[C@H](C)[C@H](CC[C@@H]3C[C@@H](O)CC(=O)O3)[C@H]21. The van der Waals surface area contributed by atoms with Gasteiger partial charge in [-0.05, 0) is 48.8 Å². The van der Waals surface area contributed by atoms with E-state index < -0.39 is 30.4 Å². The molecule has 37 heavy (non-hydrogen) atoms. The number of carbonyl (C=O) groups excluding carboxylic acids is 2. The first-order valence-corrected chi connectivity index (χ1v) is 13.1. The number of hydrogen-bond donors (Lipinski definition) is 2. The fourth-order valence-electron chi connectivity index (χ4n) is 5.74. The largest absolute Gasteiger partial charge is 0.477 e. The van der Waals surface area contributed by atoms with E-state index in [-0.39, 0.29) is 42.7 Å². The van der Waals surface area contributed by atoms with E-state index in [1.165, 1.54) is 0 Å². The summed E-state index contributed by atoms with van der Waals surface area (Å²) in [7, 11) is 0. The van der Waals surface area contributed by atoms with Crippen molar-refractivity contribution in [3.63, 3.8) is 0 Å². The molecule has 0 amide bonds. The number of para-hydroxylation sites is 1. The third kappa shape index (κ3) is 6.41. The number of rotatable bonds is 8. The lowest BCUT2D eigenvalue weighted by Gasteiger charge is -2.43. The number of ether oxygens (including phenoxy) is 3. The van der Waals surface area contributed by atoms with E-state index in [2.05, 4.69) is 19.1 Å². The van der Waals surface area contributed by atoms with E-state index in [0.29, 0.717) is 37.0 Å². The topological polar surface area (TPSA) is 126 Å². The van der Waals surface area contributed by atoms with Gasteiger partial charge >= 0.3 is 11.9 Å². The van der Waals surface area contributed by atoms with Gasteiger partial charge in [-0.15, -0.1) is 0 Å². The molecule has 0 spiro atoms. The molecule has 0 bridgehead atoms. The van der Waals surface area contributed by atoms with Gasteiger partial charge < -0.3 is 24.4 Å². The minimum absolute atomic E-state index is 0.0317. The predicted molar refractivity (Wildman–Crippen MR) is 134 cm³/mol. The number of cyclic esters (lactones) is 1. The molecule has 8 atom stereocenters. The number of aliphatic hydroxyl groups excluding tert-OH is 2. The summed E-state index contributed by atoms with van der Waals surface area (Å²) in [6, 6.07) is 8.83. The number of allylic oxidation sites excluding steroid dienone is 2. The second-order valence-corrected chi connectivity index (χ2v) is 10.3. The van der Waals surface area contributed by atoms with Crippen LogP contribution in [0.15, 0.2) is 48.1 Å². The van der Waals surface area contributed by atoms with Crippen molar-refractivity contribution in [2.24, 2.45) is 17.8 Å². The maximum atomic E-state index is 13.3. The maximum Gasteiger partial charge on any atom is 0.347 e. The second-order valence-electron chi connectivity index (χ2n) is 10.3. The lowest BCUT2D eigenvalue weighted by molar-refractivity contribution is -0.165. The first kappa shape index (κ1) is 26.9. The van der Waals surface area contributed by atoms with Crippen molar-refractivity contribution < 1.29 is 34.0 Å². The van der Waals surface area contributed by atoms with Crippen molar-refractivity contribution >= 4 is 11.9 Å². The number of benzene rings is 1. The van der Waals surface area contributed by atoms with Crippen molar-refractivity contribution in [3.8, 4) is 11.8 Å². The molecular formula is C29H35NO7. The molecule has 1 aromatic rings. The van der Waals surface area contributed by atoms with Crippen LogP contribution in [0, 0.1) is 29.1 Å². The Bertz CT molecular complexity index is 1090. The molecule has 0 saturated carbocycles. The van der Waals surface area contributed by atoms with Gasteiger partial charge in [-0.3, -0.25) is 4.79 Å². The van der Waals surface area contributed by atoms with Crippen LogP contribution in [-0.4, -0.2) is 52.7 Å². The van der Waals surface area contributed by atoms with Gasteiger partial charge in [0.25, 0.3) is 0 Å². The number of hydrogen-bond acceptors (Lipinski definition) is 8. The quantitative estimate of drug-likeness (QED) is 0.509. The third-order valence-corrected chi connectivity index (χ3v) is 7.61. The summed E-state index contributed by atoms with van der Waals surface area (Å²) in [5, 5.41) is 29.9. The van der Waals surface area contributed by atoms with Gasteiger partial charge in [0.05, 0.1) is 24.2 Å². The Balaban J connectivity index is 1.49. The van der Waals surface area contributed by atoms with Gasteiger partial charge in [-0.2, -0.15) is 5.26 Å². The third-order valence-electron chi connectivity index (χ3n) is 7.61. The smallest absolute Gasteiger partial charge is 0.347 e. The van der Waals surface area contributed by atoms with Crippen LogP contribution < -0.4 is 4.74 Å². The van der Waals surface area contributed by atoms with Crippen LogP contribution in [-0.2, 0) is 19.1 Å². The summed E-state index contributed by atoms with van der Waals surface area (Å²) >= 11 is 0. The number of fused-ring (bicyclic) bond motifs is 1. The Morgan fingerprint density at radius 2 is 2.03 bits per heavy atom. The molecule has 8 heteroatoms. The summed E-state index contributed by atoms with van der Waals surface area (Å²) in [5.74, 6) is -0.422. The van der Waals surface area contributed by atoms with Gasteiger partial charge in [-0.25, -0.2) is 4.79 Å². The van der Waals surface area contributed by atoms with Crippen molar-refractivity contribution in [3.05, 3.63) is 53.6 Å². The Labute approximate surface area is 217 Å². The van der Waals surface area contributed by atoms with Gasteiger partial charge in [-0.1, -0.05) is 44.2 Å². The van der Waals surface area contributed by atoms with E-state index >= 15 is 0 Å². The monoisotopic (exact) mass is 509 g/mol. The molecule has 2 aliphatic carbocycles. The molecular weight excluding hydrogens is 474 g/mol. The average Bonchev–Trinajstić information content (AvgIpc) is 2.86. The van der Waals surface area contributed by atoms with Crippen molar-refractivity contribution in [2.45, 2.75) is 82.9 Å². The van der Waals surface area contributed by atoms with Gasteiger partial charge in [0.15, 0.2) is 6.10 Å². The van der Waals surface area contributed by atoms with Crippen LogP contribution in [0.3, 0.4) is 0 Å². The van der Waals surface area contributed by atoms with E-state index in [1.807, 2.05) is 19.1 Å². The molecule has 0 aromatic heterocycles. The summed E-state index contributed by atoms with van der Waals surface area (Å²) in [6.45, 7) is 3.93. The van der Waals surface area contributed by atoms with Gasteiger partial charge in [0, 0.05) is 18.8 Å². The van der Waals surface area contributed by atoms with Crippen molar-refractivity contribution in [2.75, 3.05) is 0 Å². The lowest BCUT2D eigenvalue weighted by atomic mass is 9.66. The van der Waals surface area contributed by atoms with Crippen LogP contribution in [0.5, 0.6) is 5.75 Å². The molecule has 0 radical (unpaired) electrons. The van der Waals surface area contributed by atoms with Crippen molar-refractivity contribution in [1.29, 1.82) is 5.26 Å². The lowest BCUT2D eigenvalue weighted by Crippen LogP contribution is -2.44. The van der Waals surface area contributed by atoms with E-state index in [9.17, 15) is 25.1 Å². The minimum atomic E-state index is -0.890. The Hall–Kier alpha value is -3.15. The maximum absolute atomic E-state index is 13.3. The zero-order valence-corrected chi connectivity index (χ0v) is 21.3. The Morgan fingerprint density at radius 3 is 2.76 bits per heavy atom. The second kappa shape index (κ2) is 11.9. The highest BCUT2D eigenvalue weighted by Crippen LogP contribution is 2.44. The van der Waals surface area contributed by atoms with E-state index in [4.69, 9.17) is 14.2 Å². The average molecular weight is 510 g/mol. The number of aliphatic hydroxyl groups is 2. The molecule has 1 aromatic carbocycles. The Kier molecular flexibility index (Phi) is 8.67. The summed E-state index contributed by atoms with van der Waals surface area (Å²) < 4.78 is 17.4. The van der Waals surface area contributed by atoms with Crippen LogP contribution in [0.4, 0.5) is 0 Å². The van der Waals surface area contributed by atoms with E-state index in [0.717, 1.165) is 5.57 Å². The van der Waals surface area contributed by atoms with Gasteiger partial charge in [0.1, 0.15) is 24.0 Å². The first-order chi connectivity index (χ1) is 17.8.